The number of rotatable bonds is 10. The summed E-state index contributed by atoms with van der Waals surface area (Å²) in [6, 6.07) is 3.21. The van der Waals surface area contributed by atoms with Crippen molar-refractivity contribution in [3.63, 3.8) is 0 Å². The summed E-state index contributed by atoms with van der Waals surface area (Å²) in [7, 11) is 0. The Morgan fingerprint density at radius 2 is 2.03 bits per heavy atom. The lowest BCUT2D eigenvalue weighted by atomic mass is 9.79. The van der Waals surface area contributed by atoms with Crippen molar-refractivity contribution < 1.29 is 33.7 Å². The highest BCUT2D eigenvalue weighted by atomic mass is 16.6. The molecule has 2 fully saturated rings. The number of likely N-dealkylation sites (tertiary alicyclic amines) is 1. The number of aryl methyl sites for hydroxylation is 2. The Labute approximate surface area is 230 Å². The average Bonchev–Trinajstić information content (AvgIpc) is 3.31. The first kappa shape index (κ1) is 28.9. The summed E-state index contributed by atoms with van der Waals surface area (Å²) in [4.78, 5) is 42.4. The first-order valence-electron chi connectivity index (χ1n) is 14.1. The summed E-state index contributed by atoms with van der Waals surface area (Å²) >= 11 is 0. The Morgan fingerprint density at radius 3 is 2.77 bits per heavy atom. The number of alkyl carbamates (subject to hydrolysis) is 1. The van der Waals surface area contributed by atoms with Crippen LogP contribution in [0.15, 0.2) is 12.1 Å². The molecular weight excluding hydrogens is 504 g/mol. The monoisotopic (exact) mass is 546 g/mol. The van der Waals surface area contributed by atoms with Gasteiger partial charge < -0.3 is 34.9 Å². The molecule has 1 unspecified atom stereocenters. The molecule has 1 aliphatic carbocycles. The number of aliphatic carboxylic acids is 1. The quantitative estimate of drug-likeness (QED) is 0.400. The molecule has 1 aromatic rings. The van der Waals surface area contributed by atoms with Crippen molar-refractivity contribution in [1.82, 2.24) is 15.2 Å². The Kier molecular flexibility index (Phi) is 9.53. The zero-order valence-corrected chi connectivity index (χ0v) is 23.2. The molecular formula is C28H42N4O7. The summed E-state index contributed by atoms with van der Waals surface area (Å²) in [5.41, 5.74) is 1.81. The van der Waals surface area contributed by atoms with Crippen molar-refractivity contribution in [1.29, 1.82) is 0 Å². The van der Waals surface area contributed by atoms with Crippen LogP contribution in [0.25, 0.3) is 0 Å². The Hall–Kier alpha value is -3.08. The minimum atomic E-state index is -1.14. The van der Waals surface area contributed by atoms with Gasteiger partial charge in [-0.05, 0) is 76.8 Å². The van der Waals surface area contributed by atoms with Crippen LogP contribution < -0.4 is 10.6 Å². The van der Waals surface area contributed by atoms with Crippen LogP contribution in [0.1, 0.15) is 70.6 Å². The fourth-order valence-corrected chi connectivity index (χ4v) is 5.16. The third-order valence-corrected chi connectivity index (χ3v) is 7.37. The van der Waals surface area contributed by atoms with Crippen molar-refractivity contribution in [2.24, 2.45) is 5.92 Å². The first-order chi connectivity index (χ1) is 18.6. The second-order valence-electron chi connectivity index (χ2n) is 11.8. The van der Waals surface area contributed by atoms with Gasteiger partial charge in [-0.25, -0.2) is 19.4 Å². The number of nitrogens with one attached hydrogen (secondary N) is 2. The van der Waals surface area contributed by atoms with Gasteiger partial charge in [-0.1, -0.05) is 6.07 Å². The number of amides is 2. The second-order valence-corrected chi connectivity index (χ2v) is 11.8. The number of carbonyl (C=O) groups is 3. The minimum Gasteiger partial charge on any atom is -0.480 e. The molecule has 4 rings (SSSR count). The summed E-state index contributed by atoms with van der Waals surface area (Å²) in [6.45, 7) is 7.20. The van der Waals surface area contributed by atoms with Gasteiger partial charge in [-0.3, -0.25) is 0 Å². The fraction of sp³-hybridized carbons (Fsp3) is 0.714. The van der Waals surface area contributed by atoms with E-state index in [1.54, 1.807) is 20.8 Å². The highest BCUT2D eigenvalue weighted by molar-refractivity contribution is 5.80. The van der Waals surface area contributed by atoms with Crippen LogP contribution in [-0.2, 0) is 31.8 Å². The number of hydrogen-bond donors (Lipinski definition) is 3. The molecule has 1 aromatic heterocycles. The van der Waals surface area contributed by atoms with Crippen molar-refractivity contribution >= 4 is 24.0 Å². The molecule has 1 saturated carbocycles. The van der Waals surface area contributed by atoms with E-state index >= 15 is 0 Å². The van der Waals surface area contributed by atoms with Crippen molar-refractivity contribution in [3.8, 4) is 0 Å². The molecule has 2 atom stereocenters. The smallest absolute Gasteiger partial charge is 0.410 e. The molecule has 3 heterocycles. The van der Waals surface area contributed by atoms with Gasteiger partial charge in [0, 0.05) is 38.2 Å². The Balaban J connectivity index is 1.09. The molecule has 0 aromatic carbocycles. The molecule has 1 saturated heterocycles. The molecule has 0 bridgehead atoms. The zero-order chi connectivity index (χ0) is 28.0. The van der Waals surface area contributed by atoms with Gasteiger partial charge >= 0.3 is 18.2 Å². The Bertz CT molecular complexity index is 1020. The maximum absolute atomic E-state index is 12.3. The number of carboxylic acid groups (broad SMARTS) is 1. The first-order valence-corrected chi connectivity index (χ1v) is 14.1. The number of aromatic nitrogens is 1. The molecule has 216 valence electrons. The van der Waals surface area contributed by atoms with Crippen LogP contribution in [0.5, 0.6) is 0 Å². The zero-order valence-electron chi connectivity index (χ0n) is 23.2. The normalized spacial score (nSPS) is 23.2. The molecule has 0 radical (unpaired) electrons. The summed E-state index contributed by atoms with van der Waals surface area (Å²) in [5, 5.41) is 15.3. The van der Waals surface area contributed by atoms with Gasteiger partial charge in [0.1, 0.15) is 23.6 Å². The van der Waals surface area contributed by atoms with Gasteiger partial charge in [0.25, 0.3) is 0 Å². The topological polar surface area (TPSA) is 139 Å². The van der Waals surface area contributed by atoms with Crippen LogP contribution in [0.3, 0.4) is 0 Å². The van der Waals surface area contributed by atoms with E-state index in [9.17, 15) is 19.5 Å². The van der Waals surface area contributed by atoms with Gasteiger partial charge in [-0.2, -0.15) is 0 Å². The third kappa shape index (κ3) is 8.71. The highest BCUT2D eigenvalue weighted by Crippen LogP contribution is 2.34. The number of nitrogens with zero attached hydrogens (tertiary/aromatic N) is 2. The van der Waals surface area contributed by atoms with Gasteiger partial charge in [0.15, 0.2) is 0 Å². The van der Waals surface area contributed by atoms with Crippen LogP contribution in [0.2, 0.25) is 0 Å². The molecule has 3 aliphatic rings. The molecule has 0 spiro atoms. The SMILES string of the molecule is CC(C)(C)OC(=O)N1CC[C@@H](OC(=O)NC(CCO[C@H]2C[C@H](CCc3ccc4c(n3)NCCC4)C2)C(=O)O)C1. The average molecular weight is 547 g/mol. The number of carbonyl (C=O) groups excluding carboxylic acids is 2. The molecule has 3 N–H and O–H groups in total. The van der Waals surface area contributed by atoms with E-state index < -0.39 is 35.9 Å². The fourth-order valence-electron chi connectivity index (χ4n) is 5.16. The van der Waals surface area contributed by atoms with E-state index in [0.717, 1.165) is 56.6 Å². The molecule has 39 heavy (non-hydrogen) atoms. The predicted molar refractivity (Wildman–Crippen MR) is 144 cm³/mol. The van der Waals surface area contributed by atoms with Crippen molar-refractivity contribution in [2.45, 2.75) is 96.0 Å². The number of pyridine rings is 1. The van der Waals surface area contributed by atoms with E-state index in [4.69, 9.17) is 19.2 Å². The lowest BCUT2D eigenvalue weighted by Gasteiger charge is -2.35. The number of fused-ring (bicyclic) bond motifs is 1. The van der Waals surface area contributed by atoms with Gasteiger partial charge in [0.2, 0.25) is 0 Å². The van der Waals surface area contributed by atoms with Crippen LogP contribution in [0, 0.1) is 5.92 Å². The van der Waals surface area contributed by atoms with E-state index in [0.29, 0.717) is 18.9 Å². The summed E-state index contributed by atoms with van der Waals surface area (Å²) < 4.78 is 16.6. The summed E-state index contributed by atoms with van der Waals surface area (Å²) in [6.07, 6.45) is 5.09. The van der Waals surface area contributed by atoms with E-state index in [1.807, 2.05) is 0 Å². The van der Waals surface area contributed by atoms with E-state index in [2.05, 4.69) is 22.8 Å². The van der Waals surface area contributed by atoms with E-state index in [-0.39, 0.29) is 25.7 Å². The maximum Gasteiger partial charge on any atom is 0.410 e. The van der Waals surface area contributed by atoms with Crippen molar-refractivity contribution in [2.75, 3.05) is 31.6 Å². The van der Waals surface area contributed by atoms with Crippen LogP contribution in [-0.4, -0.2) is 83.2 Å². The van der Waals surface area contributed by atoms with Crippen molar-refractivity contribution in [3.05, 3.63) is 23.4 Å². The van der Waals surface area contributed by atoms with E-state index in [1.165, 1.54) is 10.5 Å². The largest absolute Gasteiger partial charge is 0.480 e. The number of carboxylic acids is 1. The number of ether oxygens (including phenoxy) is 3. The van der Waals surface area contributed by atoms with Gasteiger partial charge in [0.05, 0.1) is 12.6 Å². The van der Waals surface area contributed by atoms with Crippen LogP contribution in [0.4, 0.5) is 15.4 Å². The van der Waals surface area contributed by atoms with Gasteiger partial charge in [-0.15, -0.1) is 0 Å². The molecule has 2 amide bonds. The minimum absolute atomic E-state index is 0.117. The lowest BCUT2D eigenvalue weighted by Crippen LogP contribution is -2.44. The summed E-state index contributed by atoms with van der Waals surface area (Å²) in [5.74, 6) is 0.469. The standard InChI is InChI=1S/C28H42N4O7/c1-28(2,3)39-27(36)32-13-10-21(17-32)38-26(35)31-23(25(33)34)11-14-37-22-15-18(16-22)6-8-20-9-7-19-5-4-12-29-24(19)30-20/h7,9,18,21-23H,4-6,8,10-17H2,1-3H3,(H,29,30)(H,31,35)(H,33,34)/t18-,21-,22-,23?/m1/s1. The molecule has 11 nitrogen and oxygen atoms in total. The predicted octanol–water partition coefficient (Wildman–Crippen LogP) is 3.75. The maximum atomic E-state index is 12.3. The highest BCUT2D eigenvalue weighted by Gasteiger charge is 2.33. The third-order valence-electron chi connectivity index (χ3n) is 7.37. The second kappa shape index (κ2) is 12.8. The lowest BCUT2D eigenvalue weighted by molar-refractivity contribution is -0.140. The molecule has 2 aliphatic heterocycles. The molecule has 11 heteroatoms. The number of anilines is 1. The Morgan fingerprint density at radius 1 is 1.23 bits per heavy atom. The van der Waals surface area contributed by atoms with Crippen LogP contribution >= 0.6 is 0 Å². The number of hydrogen-bond acceptors (Lipinski definition) is 8.